The Bertz CT molecular complexity index is 622. The molecule has 4 N–H and O–H groups in total. The molecule has 2 aromatic rings. The lowest BCUT2D eigenvalue weighted by Gasteiger charge is -2.19. The van der Waals surface area contributed by atoms with Gasteiger partial charge in [-0.15, -0.1) is 5.10 Å². The summed E-state index contributed by atoms with van der Waals surface area (Å²) in [5.74, 6) is 0.0517. The first-order chi connectivity index (χ1) is 9.72. The molecule has 1 amide bonds. The second-order valence-corrected chi connectivity index (χ2v) is 4.74. The quantitative estimate of drug-likeness (QED) is 0.717. The summed E-state index contributed by atoms with van der Waals surface area (Å²) in [4.78, 5) is 11.4. The third-order valence-electron chi connectivity index (χ3n) is 3.30. The number of nitrogens with one attached hydrogen (secondary N) is 2. The molecule has 3 rings (SSSR count). The molecule has 7 heteroatoms. The summed E-state index contributed by atoms with van der Waals surface area (Å²) in [6.45, 7) is 1.38. The van der Waals surface area contributed by atoms with Gasteiger partial charge in [-0.1, -0.05) is 5.21 Å². The number of carbonyl (C=O) groups excluding carboxylic acids is 1. The molecule has 1 aromatic heterocycles. The van der Waals surface area contributed by atoms with Crippen molar-refractivity contribution in [3.63, 3.8) is 0 Å². The fraction of sp³-hybridized carbons (Fsp3) is 0.308. The van der Waals surface area contributed by atoms with E-state index in [9.17, 15) is 4.79 Å². The largest absolute Gasteiger partial charge is 0.397 e. The van der Waals surface area contributed by atoms with Crippen LogP contribution in [0.5, 0.6) is 0 Å². The number of nitrogens with zero attached hydrogens (tertiary/aromatic N) is 3. The van der Waals surface area contributed by atoms with Gasteiger partial charge in [0.15, 0.2) is 0 Å². The molecule has 1 aliphatic rings. The van der Waals surface area contributed by atoms with E-state index in [2.05, 4.69) is 20.9 Å². The van der Waals surface area contributed by atoms with Crippen LogP contribution in [-0.4, -0.2) is 27.4 Å². The predicted octanol–water partition coefficient (Wildman–Crippen LogP) is 0.857. The van der Waals surface area contributed by atoms with E-state index >= 15 is 0 Å². The van der Waals surface area contributed by atoms with Crippen molar-refractivity contribution in [3.8, 4) is 0 Å². The fourth-order valence-electron chi connectivity index (χ4n) is 2.26. The van der Waals surface area contributed by atoms with Crippen molar-refractivity contribution < 1.29 is 4.79 Å². The standard InChI is InChI=1S/C13H16N6O/c14-10-7-9-1-2-13(20)17-11(9)8-12(10)15-3-5-19-6-4-16-18-19/h4,6-8,15H,1-3,5,14H2,(H,17,20). The lowest BCUT2D eigenvalue weighted by molar-refractivity contribution is -0.116. The number of fused-ring (bicyclic) bond motifs is 1. The van der Waals surface area contributed by atoms with Crippen LogP contribution in [0.3, 0.4) is 0 Å². The van der Waals surface area contributed by atoms with Crippen LogP contribution in [0.4, 0.5) is 17.1 Å². The molecular formula is C13H16N6O. The third kappa shape index (κ3) is 2.56. The zero-order valence-corrected chi connectivity index (χ0v) is 11.0. The highest BCUT2D eigenvalue weighted by atomic mass is 16.1. The van der Waals surface area contributed by atoms with Crippen LogP contribution in [0, 0.1) is 0 Å². The summed E-state index contributed by atoms with van der Waals surface area (Å²) >= 11 is 0. The van der Waals surface area contributed by atoms with E-state index in [4.69, 9.17) is 5.73 Å². The average Bonchev–Trinajstić information content (AvgIpc) is 2.93. The molecule has 7 nitrogen and oxygen atoms in total. The van der Waals surface area contributed by atoms with Gasteiger partial charge in [-0.05, 0) is 24.1 Å². The number of hydrogen-bond acceptors (Lipinski definition) is 5. The van der Waals surface area contributed by atoms with Gasteiger partial charge in [0.1, 0.15) is 0 Å². The molecule has 0 saturated heterocycles. The summed E-state index contributed by atoms with van der Waals surface area (Å²) in [7, 11) is 0. The van der Waals surface area contributed by atoms with E-state index < -0.39 is 0 Å². The lowest BCUT2D eigenvalue weighted by atomic mass is 10.0. The van der Waals surface area contributed by atoms with E-state index in [1.165, 1.54) is 0 Å². The van der Waals surface area contributed by atoms with Gasteiger partial charge >= 0.3 is 0 Å². The number of nitrogen functional groups attached to an aromatic ring is 1. The van der Waals surface area contributed by atoms with Crippen LogP contribution in [0.15, 0.2) is 24.5 Å². The molecule has 104 valence electrons. The van der Waals surface area contributed by atoms with E-state index in [-0.39, 0.29) is 5.91 Å². The molecular weight excluding hydrogens is 256 g/mol. The van der Waals surface area contributed by atoms with Gasteiger partial charge in [0.05, 0.1) is 24.1 Å². The van der Waals surface area contributed by atoms with Gasteiger partial charge in [0.25, 0.3) is 0 Å². The average molecular weight is 272 g/mol. The smallest absolute Gasteiger partial charge is 0.224 e. The minimum atomic E-state index is 0.0517. The number of carbonyl (C=O) groups is 1. The van der Waals surface area contributed by atoms with Crippen LogP contribution in [0.25, 0.3) is 0 Å². The molecule has 0 atom stereocenters. The van der Waals surface area contributed by atoms with Crippen LogP contribution in [-0.2, 0) is 17.8 Å². The summed E-state index contributed by atoms with van der Waals surface area (Å²) in [5, 5.41) is 13.8. The van der Waals surface area contributed by atoms with Crippen LogP contribution < -0.4 is 16.4 Å². The van der Waals surface area contributed by atoms with Crippen molar-refractivity contribution in [2.24, 2.45) is 0 Å². The van der Waals surface area contributed by atoms with E-state index in [1.807, 2.05) is 12.1 Å². The summed E-state index contributed by atoms with van der Waals surface area (Å²) < 4.78 is 1.74. The van der Waals surface area contributed by atoms with Crippen LogP contribution in [0.2, 0.25) is 0 Å². The molecule has 20 heavy (non-hydrogen) atoms. The number of benzene rings is 1. The Kier molecular flexibility index (Phi) is 3.24. The van der Waals surface area contributed by atoms with Gasteiger partial charge < -0.3 is 16.4 Å². The highest BCUT2D eigenvalue weighted by Crippen LogP contribution is 2.30. The van der Waals surface area contributed by atoms with Gasteiger partial charge in [-0.25, -0.2) is 0 Å². The zero-order valence-electron chi connectivity index (χ0n) is 11.0. The van der Waals surface area contributed by atoms with Gasteiger partial charge in [0.2, 0.25) is 5.91 Å². The van der Waals surface area contributed by atoms with Crippen molar-refractivity contribution in [1.82, 2.24) is 15.0 Å². The second-order valence-electron chi connectivity index (χ2n) is 4.74. The molecule has 0 fully saturated rings. The Hall–Kier alpha value is -2.57. The van der Waals surface area contributed by atoms with E-state index in [0.29, 0.717) is 25.2 Å². The van der Waals surface area contributed by atoms with E-state index in [0.717, 1.165) is 23.4 Å². The van der Waals surface area contributed by atoms with E-state index in [1.54, 1.807) is 17.1 Å². The summed E-state index contributed by atoms with van der Waals surface area (Å²) in [5.41, 5.74) is 9.48. The zero-order chi connectivity index (χ0) is 13.9. The van der Waals surface area contributed by atoms with Crippen molar-refractivity contribution in [2.45, 2.75) is 19.4 Å². The number of amides is 1. The Labute approximate surface area is 116 Å². The normalized spacial score (nSPS) is 13.7. The minimum absolute atomic E-state index is 0.0517. The second kappa shape index (κ2) is 5.20. The topological polar surface area (TPSA) is 97.9 Å². The highest BCUT2D eigenvalue weighted by molar-refractivity contribution is 5.95. The first kappa shape index (κ1) is 12.5. The number of aryl methyl sites for hydroxylation is 1. The summed E-state index contributed by atoms with van der Waals surface area (Å²) in [6.07, 6.45) is 4.71. The van der Waals surface area contributed by atoms with Crippen molar-refractivity contribution in [2.75, 3.05) is 22.9 Å². The number of nitrogens with two attached hydrogens (primary N) is 1. The molecule has 0 saturated carbocycles. The molecule has 0 aliphatic carbocycles. The third-order valence-corrected chi connectivity index (χ3v) is 3.30. The van der Waals surface area contributed by atoms with Crippen molar-refractivity contribution in [1.29, 1.82) is 0 Å². The molecule has 0 spiro atoms. The first-order valence-corrected chi connectivity index (χ1v) is 6.52. The molecule has 1 aliphatic heterocycles. The first-order valence-electron chi connectivity index (χ1n) is 6.52. The summed E-state index contributed by atoms with van der Waals surface area (Å²) in [6, 6.07) is 3.82. The van der Waals surface area contributed by atoms with Crippen LogP contribution >= 0.6 is 0 Å². The molecule has 2 heterocycles. The fourth-order valence-corrected chi connectivity index (χ4v) is 2.26. The molecule has 0 unspecified atom stereocenters. The van der Waals surface area contributed by atoms with Gasteiger partial charge in [0, 0.05) is 24.8 Å². The number of anilines is 3. The Morgan fingerprint density at radius 2 is 2.30 bits per heavy atom. The van der Waals surface area contributed by atoms with Crippen molar-refractivity contribution >= 4 is 23.0 Å². The number of aromatic nitrogens is 3. The Morgan fingerprint density at radius 3 is 3.10 bits per heavy atom. The maximum Gasteiger partial charge on any atom is 0.224 e. The molecule has 1 aromatic carbocycles. The van der Waals surface area contributed by atoms with Crippen molar-refractivity contribution in [3.05, 3.63) is 30.1 Å². The Morgan fingerprint density at radius 1 is 1.40 bits per heavy atom. The maximum atomic E-state index is 11.4. The number of rotatable bonds is 4. The highest BCUT2D eigenvalue weighted by Gasteiger charge is 2.16. The SMILES string of the molecule is Nc1cc2c(cc1NCCn1ccnn1)NC(=O)CC2. The molecule has 0 radical (unpaired) electrons. The number of hydrogen-bond donors (Lipinski definition) is 3. The monoisotopic (exact) mass is 272 g/mol. The maximum absolute atomic E-state index is 11.4. The van der Waals surface area contributed by atoms with Gasteiger partial charge in [-0.3, -0.25) is 9.48 Å². The van der Waals surface area contributed by atoms with Gasteiger partial charge in [-0.2, -0.15) is 0 Å². The molecule has 0 bridgehead atoms. The van der Waals surface area contributed by atoms with Crippen LogP contribution in [0.1, 0.15) is 12.0 Å². The predicted molar refractivity (Wildman–Crippen MR) is 76.3 cm³/mol. The lowest BCUT2D eigenvalue weighted by Crippen LogP contribution is -2.20. The minimum Gasteiger partial charge on any atom is -0.397 e. The Balaban J connectivity index is 1.69.